The molecule has 0 bridgehead atoms. The Bertz CT molecular complexity index is 758. The van der Waals surface area contributed by atoms with E-state index in [1.165, 1.54) is 6.92 Å². The first-order valence-electron chi connectivity index (χ1n) is 6.73. The quantitative estimate of drug-likeness (QED) is 0.667. The van der Waals surface area contributed by atoms with E-state index >= 15 is 0 Å². The zero-order chi connectivity index (χ0) is 15.9. The standard InChI is InChI=1S/C14H13ClN4O3/c1-7-13(19(21)22)12(18-17-7)14(20)16-11-6-10(11)8-3-2-4-9(15)5-8/h2-5,10-11H,6H2,1H3,(H,16,20)(H,17,18)/t10-,11+/m0/s1. The SMILES string of the molecule is Cc1[nH]nc(C(=O)N[C@@H]2C[C@H]2c2cccc(Cl)c2)c1[N+](=O)[O-]. The van der Waals surface area contributed by atoms with Crippen molar-refractivity contribution in [1.29, 1.82) is 0 Å². The zero-order valence-electron chi connectivity index (χ0n) is 11.7. The summed E-state index contributed by atoms with van der Waals surface area (Å²) in [6, 6.07) is 7.40. The molecule has 0 radical (unpaired) electrons. The molecule has 1 aliphatic rings. The van der Waals surface area contributed by atoms with Crippen LogP contribution in [0.1, 0.15) is 34.1 Å². The average molecular weight is 321 g/mol. The summed E-state index contributed by atoms with van der Waals surface area (Å²) in [7, 11) is 0. The molecule has 1 heterocycles. The summed E-state index contributed by atoms with van der Waals surface area (Å²) in [4.78, 5) is 22.5. The van der Waals surface area contributed by atoms with E-state index in [9.17, 15) is 14.9 Å². The van der Waals surface area contributed by atoms with Crippen LogP contribution in [-0.2, 0) is 0 Å². The summed E-state index contributed by atoms with van der Waals surface area (Å²) < 4.78 is 0. The van der Waals surface area contributed by atoms with Crippen molar-refractivity contribution in [2.45, 2.75) is 25.3 Å². The van der Waals surface area contributed by atoms with E-state index in [4.69, 9.17) is 11.6 Å². The Morgan fingerprint density at radius 3 is 3.00 bits per heavy atom. The smallest absolute Gasteiger partial charge is 0.322 e. The molecule has 7 nitrogen and oxygen atoms in total. The third-order valence-corrected chi connectivity index (χ3v) is 3.93. The van der Waals surface area contributed by atoms with Crippen molar-refractivity contribution in [3.63, 3.8) is 0 Å². The van der Waals surface area contributed by atoms with Crippen LogP contribution in [0.3, 0.4) is 0 Å². The fraction of sp³-hybridized carbons (Fsp3) is 0.286. The van der Waals surface area contributed by atoms with Gasteiger partial charge in [0.1, 0.15) is 5.69 Å². The number of aromatic amines is 1. The van der Waals surface area contributed by atoms with Crippen molar-refractivity contribution in [1.82, 2.24) is 15.5 Å². The predicted molar refractivity (Wildman–Crippen MR) is 80.0 cm³/mol. The number of nitrogens with zero attached hydrogens (tertiary/aromatic N) is 2. The van der Waals surface area contributed by atoms with E-state index in [1.54, 1.807) is 6.07 Å². The molecule has 114 valence electrons. The maximum absolute atomic E-state index is 12.2. The monoisotopic (exact) mass is 320 g/mol. The van der Waals surface area contributed by atoms with Crippen LogP contribution in [-0.4, -0.2) is 27.1 Å². The highest BCUT2D eigenvalue weighted by atomic mass is 35.5. The lowest BCUT2D eigenvalue weighted by Gasteiger charge is -2.03. The lowest BCUT2D eigenvalue weighted by molar-refractivity contribution is -0.385. The number of rotatable bonds is 4. The maximum Gasteiger partial charge on any atom is 0.322 e. The summed E-state index contributed by atoms with van der Waals surface area (Å²) in [5.41, 5.74) is 0.847. The number of aromatic nitrogens is 2. The van der Waals surface area contributed by atoms with Crippen molar-refractivity contribution in [3.8, 4) is 0 Å². The van der Waals surface area contributed by atoms with Gasteiger partial charge in [0.25, 0.3) is 5.91 Å². The van der Waals surface area contributed by atoms with Crippen molar-refractivity contribution in [2.24, 2.45) is 0 Å². The highest BCUT2D eigenvalue weighted by Gasteiger charge is 2.41. The van der Waals surface area contributed by atoms with Gasteiger partial charge in [-0.2, -0.15) is 5.10 Å². The molecule has 22 heavy (non-hydrogen) atoms. The maximum atomic E-state index is 12.2. The molecule has 1 amide bonds. The molecular weight excluding hydrogens is 308 g/mol. The number of hydrogen-bond acceptors (Lipinski definition) is 4. The van der Waals surface area contributed by atoms with Crippen molar-refractivity contribution in [3.05, 3.63) is 56.4 Å². The van der Waals surface area contributed by atoms with Gasteiger partial charge in [-0.25, -0.2) is 0 Å². The number of hydrogen-bond donors (Lipinski definition) is 2. The second-order valence-electron chi connectivity index (χ2n) is 5.28. The molecular formula is C14H13ClN4O3. The molecule has 2 aromatic rings. The number of nitrogens with one attached hydrogen (secondary N) is 2. The van der Waals surface area contributed by atoms with Gasteiger partial charge >= 0.3 is 5.69 Å². The van der Waals surface area contributed by atoms with Gasteiger partial charge in [-0.3, -0.25) is 20.0 Å². The highest BCUT2D eigenvalue weighted by molar-refractivity contribution is 6.30. The van der Waals surface area contributed by atoms with Gasteiger partial charge in [0.2, 0.25) is 5.69 Å². The number of benzene rings is 1. The lowest BCUT2D eigenvalue weighted by atomic mass is 10.1. The zero-order valence-corrected chi connectivity index (χ0v) is 12.4. The Balaban J connectivity index is 1.71. The molecule has 3 rings (SSSR count). The summed E-state index contributed by atoms with van der Waals surface area (Å²) in [5.74, 6) is -0.354. The number of H-pyrrole nitrogens is 1. The Morgan fingerprint density at radius 1 is 1.55 bits per heavy atom. The molecule has 1 aromatic carbocycles. The number of amides is 1. The molecule has 8 heteroatoms. The summed E-state index contributed by atoms with van der Waals surface area (Å²) in [6.07, 6.45) is 0.781. The minimum Gasteiger partial charge on any atom is -0.347 e. The van der Waals surface area contributed by atoms with Gasteiger partial charge in [0.15, 0.2) is 0 Å². The van der Waals surface area contributed by atoms with E-state index in [2.05, 4.69) is 15.5 Å². The molecule has 0 saturated heterocycles. The van der Waals surface area contributed by atoms with Crippen molar-refractivity contribution in [2.75, 3.05) is 0 Å². The van der Waals surface area contributed by atoms with Crippen molar-refractivity contribution < 1.29 is 9.72 Å². The lowest BCUT2D eigenvalue weighted by Crippen LogP contribution is -2.27. The molecule has 0 spiro atoms. The minimum atomic E-state index is -0.602. The molecule has 0 unspecified atom stereocenters. The number of carbonyl (C=O) groups is 1. The molecule has 1 aromatic heterocycles. The summed E-state index contributed by atoms with van der Waals surface area (Å²) >= 11 is 5.95. The van der Waals surface area contributed by atoms with Gasteiger partial charge in [-0.15, -0.1) is 0 Å². The molecule has 1 saturated carbocycles. The van der Waals surface area contributed by atoms with Crippen LogP contribution in [0.15, 0.2) is 24.3 Å². The number of nitro groups is 1. The normalized spacial score (nSPS) is 19.7. The second kappa shape index (κ2) is 5.42. The molecule has 1 fully saturated rings. The van der Waals surface area contributed by atoms with Gasteiger partial charge in [-0.05, 0) is 31.0 Å². The average Bonchev–Trinajstić information content (AvgIpc) is 3.10. The first-order chi connectivity index (χ1) is 10.5. The van der Waals surface area contributed by atoms with Gasteiger partial charge in [0.05, 0.1) is 4.92 Å². The fourth-order valence-corrected chi connectivity index (χ4v) is 2.70. The van der Waals surface area contributed by atoms with Crippen LogP contribution in [0.5, 0.6) is 0 Å². The van der Waals surface area contributed by atoms with E-state index in [-0.39, 0.29) is 29.0 Å². The van der Waals surface area contributed by atoms with Gasteiger partial charge in [0, 0.05) is 17.0 Å². The number of halogens is 1. The fourth-order valence-electron chi connectivity index (χ4n) is 2.50. The van der Waals surface area contributed by atoms with E-state index in [0.29, 0.717) is 5.02 Å². The van der Waals surface area contributed by atoms with Crippen molar-refractivity contribution >= 4 is 23.2 Å². The first kappa shape index (κ1) is 14.5. The number of aryl methyl sites for hydroxylation is 1. The highest BCUT2D eigenvalue weighted by Crippen LogP contribution is 2.41. The largest absolute Gasteiger partial charge is 0.347 e. The van der Waals surface area contributed by atoms with Crippen LogP contribution < -0.4 is 5.32 Å². The van der Waals surface area contributed by atoms with E-state index in [0.717, 1.165) is 12.0 Å². The minimum absolute atomic E-state index is 0.0532. The third-order valence-electron chi connectivity index (χ3n) is 3.70. The van der Waals surface area contributed by atoms with Gasteiger partial charge in [-0.1, -0.05) is 23.7 Å². The summed E-state index contributed by atoms with van der Waals surface area (Å²) in [6.45, 7) is 1.51. The van der Waals surface area contributed by atoms with Crippen LogP contribution >= 0.6 is 11.6 Å². The van der Waals surface area contributed by atoms with Gasteiger partial charge < -0.3 is 5.32 Å². The molecule has 0 aliphatic heterocycles. The van der Waals surface area contributed by atoms with Crippen LogP contribution in [0, 0.1) is 17.0 Å². The first-order valence-corrected chi connectivity index (χ1v) is 7.11. The number of carbonyl (C=O) groups excluding carboxylic acids is 1. The van der Waals surface area contributed by atoms with Crippen LogP contribution in [0.25, 0.3) is 0 Å². The molecule has 2 atom stereocenters. The topological polar surface area (TPSA) is 101 Å². The van der Waals surface area contributed by atoms with E-state index < -0.39 is 10.8 Å². The Morgan fingerprint density at radius 2 is 2.32 bits per heavy atom. The Hall–Kier alpha value is -2.41. The Labute approximate surface area is 130 Å². The summed E-state index contributed by atoms with van der Waals surface area (Å²) in [5, 5.41) is 20.6. The third kappa shape index (κ3) is 2.67. The Kier molecular flexibility index (Phi) is 3.58. The molecule has 1 aliphatic carbocycles. The van der Waals surface area contributed by atoms with Crippen LogP contribution in [0.4, 0.5) is 5.69 Å². The van der Waals surface area contributed by atoms with E-state index in [1.807, 2.05) is 18.2 Å². The molecule has 2 N–H and O–H groups in total. The second-order valence-corrected chi connectivity index (χ2v) is 5.72. The van der Waals surface area contributed by atoms with Crippen LogP contribution in [0.2, 0.25) is 5.02 Å². The predicted octanol–water partition coefficient (Wildman–Crippen LogP) is 2.57.